The summed E-state index contributed by atoms with van der Waals surface area (Å²) in [7, 11) is -0.665. The van der Waals surface area contributed by atoms with Gasteiger partial charge in [0.1, 0.15) is 16.7 Å². The first-order chi connectivity index (χ1) is 14.7. The van der Waals surface area contributed by atoms with Gasteiger partial charge in [-0.2, -0.15) is 4.31 Å². The Morgan fingerprint density at radius 1 is 0.935 bits per heavy atom. The van der Waals surface area contributed by atoms with E-state index in [0.717, 1.165) is 11.1 Å². The van der Waals surface area contributed by atoms with Crippen molar-refractivity contribution >= 4 is 10.0 Å². The van der Waals surface area contributed by atoms with E-state index in [-0.39, 0.29) is 25.4 Å². The van der Waals surface area contributed by atoms with E-state index in [4.69, 9.17) is 9.47 Å². The molecule has 0 amide bonds. The van der Waals surface area contributed by atoms with Crippen molar-refractivity contribution in [2.24, 2.45) is 5.92 Å². The number of aliphatic hydroxyl groups is 1. The fourth-order valence-electron chi connectivity index (χ4n) is 3.57. The standard InChI is InChI=1S/C24H33NO5S/c1-6-7-23(26)24(18(2)3)31(27,28)25(16-19-8-12-21(29-4)13-9-19)17-20-10-14-22(30-5)15-11-20/h6,8-15,18,23-24,26H,1,7,16-17H2,2-5H3/t23-,24?/m1/s1. The molecule has 170 valence electrons. The van der Waals surface area contributed by atoms with Gasteiger partial charge in [-0.25, -0.2) is 8.42 Å². The molecular formula is C24H33NO5S. The van der Waals surface area contributed by atoms with Crippen molar-refractivity contribution in [1.29, 1.82) is 0 Å². The fourth-order valence-corrected chi connectivity index (χ4v) is 5.77. The van der Waals surface area contributed by atoms with Gasteiger partial charge in [0.15, 0.2) is 0 Å². The zero-order chi connectivity index (χ0) is 23.0. The predicted molar refractivity (Wildman–Crippen MR) is 124 cm³/mol. The number of rotatable bonds is 12. The van der Waals surface area contributed by atoms with Crippen molar-refractivity contribution in [3.05, 3.63) is 72.3 Å². The van der Waals surface area contributed by atoms with Crippen molar-refractivity contribution < 1.29 is 23.0 Å². The molecule has 0 fully saturated rings. The average Bonchev–Trinajstić information content (AvgIpc) is 2.74. The smallest absolute Gasteiger partial charge is 0.220 e. The lowest BCUT2D eigenvalue weighted by Gasteiger charge is -2.32. The van der Waals surface area contributed by atoms with Crippen LogP contribution in [0.1, 0.15) is 31.4 Å². The topological polar surface area (TPSA) is 76.1 Å². The van der Waals surface area contributed by atoms with Crippen LogP contribution in [-0.4, -0.2) is 43.4 Å². The zero-order valence-electron chi connectivity index (χ0n) is 18.7. The Labute approximate surface area is 186 Å². The van der Waals surface area contributed by atoms with Crippen LogP contribution in [0.25, 0.3) is 0 Å². The minimum atomic E-state index is -3.84. The van der Waals surface area contributed by atoms with Crippen LogP contribution < -0.4 is 9.47 Å². The Balaban J connectivity index is 2.42. The van der Waals surface area contributed by atoms with Gasteiger partial charge in [-0.15, -0.1) is 6.58 Å². The second kappa shape index (κ2) is 11.3. The molecule has 0 radical (unpaired) electrons. The van der Waals surface area contributed by atoms with Crippen LogP contribution in [0.3, 0.4) is 0 Å². The molecule has 31 heavy (non-hydrogen) atoms. The molecule has 0 bridgehead atoms. The molecule has 1 N–H and O–H groups in total. The van der Waals surface area contributed by atoms with Crippen molar-refractivity contribution in [2.75, 3.05) is 14.2 Å². The maximum absolute atomic E-state index is 13.7. The molecule has 6 nitrogen and oxygen atoms in total. The number of nitrogens with zero attached hydrogens (tertiary/aromatic N) is 1. The van der Waals surface area contributed by atoms with Crippen LogP contribution in [0.5, 0.6) is 11.5 Å². The quantitative estimate of drug-likeness (QED) is 0.498. The van der Waals surface area contributed by atoms with E-state index < -0.39 is 21.4 Å². The molecular weight excluding hydrogens is 414 g/mol. The summed E-state index contributed by atoms with van der Waals surface area (Å²) in [5.74, 6) is 1.14. The lowest BCUT2D eigenvalue weighted by molar-refractivity contribution is 0.151. The lowest BCUT2D eigenvalue weighted by atomic mass is 10.0. The minimum Gasteiger partial charge on any atom is -0.497 e. The largest absolute Gasteiger partial charge is 0.497 e. The molecule has 0 saturated carbocycles. The minimum absolute atomic E-state index is 0.183. The monoisotopic (exact) mass is 447 g/mol. The van der Waals surface area contributed by atoms with Crippen molar-refractivity contribution in [1.82, 2.24) is 4.31 Å². The molecule has 0 aliphatic rings. The van der Waals surface area contributed by atoms with E-state index in [9.17, 15) is 13.5 Å². The number of benzene rings is 2. The first-order valence-electron chi connectivity index (χ1n) is 10.3. The fraction of sp³-hybridized carbons (Fsp3) is 0.417. The van der Waals surface area contributed by atoms with Gasteiger partial charge in [0.25, 0.3) is 0 Å². The summed E-state index contributed by atoms with van der Waals surface area (Å²) < 4.78 is 39.3. The Morgan fingerprint density at radius 3 is 1.68 bits per heavy atom. The van der Waals surface area contributed by atoms with Gasteiger partial charge in [-0.05, 0) is 47.7 Å². The van der Waals surface area contributed by atoms with E-state index in [2.05, 4.69) is 6.58 Å². The molecule has 2 atom stereocenters. The lowest BCUT2D eigenvalue weighted by Crippen LogP contribution is -2.46. The number of aliphatic hydroxyl groups excluding tert-OH is 1. The highest BCUT2D eigenvalue weighted by atomic mass is 32.2. The SMILES string of the molecule is C=CC[C@@H](O)C(C(C)C)S(=O)(=O)N(Cc1ccc(OC)cc1)Cc1ccc(OC)cc1. The Bertz CT molecular complexity index is 874. The van der Waals surface area contributed by atoms with Gasteiger partial charge in [0, 0.05) is 13.1 Å². The number of sulfonamides is 1. The van der Waals surface area contributed by atoms with Gasteiger partial charge < -0.3 is 14.6 Å². The molecule has 1 unspecified atom stereocenters. The second-order valence-corrected chi connectivity index (χ2v) is 9.90. The number of hydrogen-bond donors (Lipinski definition) is 1. The summed E-state index contributed by atoms with van der Waals surface area (Å²) in [5, 5.41) is 9.68. The maximum Gasteiger partial charge on any atom is 0.220 e. The highest BCUT2D eigenvalue weighted by molar-refractivity contribution is 7.89. The third-order valence-electron chi connectivity index (χ3n) is 5.18. The molecule has 0 heterocycles. The third-order valence-corrected chi connectivity index (χ3v) is 7.71. The van der Waals surface area contributed by atoms with E-state index in [1.165, 1.54) is 4.31 Å². The maximum atomic E-state index is 13.7. The Morgan fingerprint density at radius 2 is 1.35 bits per heavy atom. The normalized spacial score (nSPS) is 13.8. The first-order valence-corrected chi connectivity index (χ1v) is 11.8. The summed E-state index contributed by atoms with van der Waals surface area (Å²) >= 11 is 0. The van der Waals surface area contributed by atoms with Crippen molar-refractivity contribution in [3.8, 4) is 11.5 Å². The molecule has 2 rings (SSSR count). The van der Waals surface area contributed by atoms with Gasteiger partial charge >= 0.3 is 0 Å². The highest BCUT2D eigenvalue weighted by Gasteiger charge is 2.39. The molecule has 0 spiro atoms. The molecule has 0 aromatic heterocycles. The van der Waals surface area contributed by atoms with E-state index in [0.29, 0.717) is 11.5 Å². The molecule has 0 aliphatic carbocycles. The van der Waals surface area contributed by atoms with Crippen LogP contribution in [-0.2, 0) is 23.1 Å². The van der Waals surface area contributed by atoms with Crippen LogP contribution >= 0.6 is 0 Å². The van der Waals surface area contributed by atoms with E-state index in [1.54, 1.807) is 44.6 Å². The summed E-state index contributed by atoms with van der Waals surface area (Å²) in [5.41, 5.74) is 1.66. The summed E-state index contributed by atoms with van der Waals surface area (Å²) in [4.78, 5) is 0. The van der Waals surface area contributed by atoms with Gasteiger partial charge in [-0.1, -0.05) is 44.2 Å². The summed E-state index contributed by atoms with van der Waals surface area (Å²) in [6, 6.07) is 14.6. The number of ether oxygens (including phenoxy) is 2. The van der Waals surface area contributed by atoms with E-state index in [1.807, 2.05) is 38.1 Å². The second-order valence-electron chi connectivity index (χ2n) is 7.81. The molecule has 2 aromatic carbocycles. The van der Waals surface area contributed by atoms with Crippen molar-refractivity contribution in [3.63, 3.8) is 0 Å². The van der Waals surface area contributed by atoms with Crippen molar-refractivity contribution in [2.45, 2.75) is 44.7 Å². The number of hydrogen-bond acceptors (Lipinski definition) is 5. The van der Waals surface area contributed by atoms with Crippen LogP contribution in [0.4, 0.5) is 0 Å². The van der Waals surface area contributed by atoms with E-state index >= 15 is 0 Å². The Hall–Kier alpha value is -2.35. The first kappa shape index (κ1) is 24.9. The van der Waals surface area contributed by atoms with Crippen LogP contribution in [0, 0.1) is 5.92 Å². The van der Waals surface area contributed by atoms with Gasteiger partial charge in [0.05, 0.1) is 20.3 Å². The zero-order valence-corrected chi connectivity index (χ0v) is 19.5. The number of methoxy groups -OCH3 is 2. The van der Waals surface area contributed by atoms with Crippen LogP contribution in [0.15, 0.2) is 61.2 Å². The predicted octanol–water partition coefficient (Wildman–Crippen LogP) is 4.00. The molecule has 0 saturated heterocycles. The van der Waals surface area contributed by atoms with Gasteiger partial charge in [-0.3, -0.25) is 0 Å². The Kier molecular flexibility index (Phi) is 9.10. The highest BCUT2D eigenvalue weighted by Crippen LogP contribution is 2.27. The third kappa shape index (κ3) is 6.56. The summed E-state index contributed by atoms with van der Waals surface area (Å²) in [6.45, 7) is 7.64. The average molecular weight is 448 g/mol. The molecule has 2 aromatic rings. The van der Waals surface area contributed by atoms with Crippen LogP contribution in [0.2, 0.25) is 0 Å². The molecule has 0 aliphatic heterocycles. The molecule has 7 heteroatoms. The van der Waals surface area contributed by atoms with Gasteiger partial charge in [0.2, 0.25) is 10.0 Å². The summed E-state index contributed by atoms with van der Waals surface area (Å²) in [6.07, 6.45) is 0.727.